The molecule has 6 heteroatoms. The quantitative estimate of drug-likeness (QED) is 0.847. The second-order valence-electron chi connectivity index (χ2n) is 6.27. The van der Waals surface area contributed by atoms with E-state index in [1.807, 2.05) is 26.0 Å². The number of carbonyl (C=O) groups excluding carboxylic acids is 1. The molecule has 0 amide bonds. The third kappa shape index (κ3) is 4.27. The fourth-order valence-electron chi connectivity index (χ4n) is 2.85. The van der Waals surface area contributed by atoms with Gasteiger partial charge in [-0.3, -0.25) is 0 Å². The van der Waals surface area contributed by atoms with E-state index in [1.54, 1.807) is 38.1 Å². The Kier molecular flexibility index (Phi) is 5.65. The fourth-order valence-corrected chi connectivity index (χ4v) is 4.65. The predicted octanol–water partition coefficient (Wildman–Crippen LogP) is 1.56. The van der Waals surface area contributed by atoms with E-state index in [4.69, 9.17) is 0 Å². The zero-order valence-electron chi connectivity index (χ0n) is 14.8. The molecule has 1 N–H and O–H groups in total. The molecule has 0 aliphatic rings. The minimum absolute atomic E-state index is 0.0191. The second-order valence-corrected chi connectivity index (χ2v) is 7.92. The van der Waals surface area contributed by atoms with Gasteiger partial charge in [0.1, 0.15) is 0 Å². The predicted molar refractivity (Wildman–Crippen MR) is 94.7 cm³/mol. The Hall–Kier alpha value is -2.18. The molecule has 0 spiro atoms. The third-order valence-corrected chi connectivity index (χ3v) is 6.18. The van der Waals surface area contributed by atoms with Gasteiger partial charge in [0, 0.05) is 0 Å². The summed E-state index contributed by atoms with van der Waals surface area (Å²) in [5, 5.41) is 11.5. The van der Waals surface area contributed by atoms with E-state index < -0.39 is 22.0 Å². The molecule has 0 unspecified atom stereocenters. The summed E-state index contributed by atoms with van der Waals surface area (Å²) < 4.78 is 28.1. The van der Waals surface area contributed by atoms with Crippen LogP contribution >= 0.6 is 0 Å². The fraction of sp³-hybridized carbons (Fsp3) is 0.316. The smallest absolute Gasteiger partial charge is 0.241 e. The van der Waals surface area contributed by atoms with Gasteiger partial charge in [-0.1, -0.05) is 36.4 Å². The van der Waals surface area contributed by atoms with E-state index in [0.717, 1.165) is 11.1 Å². The lowest BCUT2D eigenvalue weighted by Crippen LogP contribution is -2.49. The molecular weight excluding hydrogens is 338 g/mol. The summed E-state index contributed by atoms with van der Waals surface area (Å²) in [6, 6.07) is 9.43. The number of sulfonamides is 1. The Bertz CT molecular complexity index is 863. The molecule has 5 nitrogen and oxygen atoms in total. The van der Waals surface area contributed by atoms with Crippen LogP contribution in [0.3, 0.4) is 0 Å². The van der Waals surface area contributed by atoms with Gasteiger partial charge in [-0.15, -0.1) is 0 Å². The lowest BCUT2D eigenvalue weighted by molar-refractivity contribution is -0.307. The summed E-state index contributed by atoms with van der Waals surface area (Å²) in [7, 11) is -4.00. The average Bonchev–Trinajstić information content (AvgIpc) is 2.53. The topological polar surface area (TPSA) is 86.3 Å². The van der Waals surface area contributed by atoms with Crippen molar-refractivity contribution in [3.8, 4) is 0 Å². The van der Waals surface area contributed by atoms with E-state index in [9.17, 15) is 18.3 Å². The Morgan fingerprint density at radius 3 is 2.04 bits per heavy atom. The van der Waals surface area contributed by atoms with Gasteiger partial charge in [0.05, 0.1) is 16.9 Å². The Balaban J connectivity index is 2.41. The summed E-state index contributed by atoms with van der Waals surface area (Å²) in [5.74, 6) is -1.45. The molecule has 2 rings (SSSR count). The molecular formula is C19H22NO4S-. The van der Waals surface area contributed by atoms with Gasteiger partial charge in [-0.2, -0.15) is 0 Å². The van der Waals surface area contributed by atoms with Crippen molar-refractivity contribution in [2.24, 2.45) is 0 Å². The summed E-state index contributed by atoms with van der Waals surface area (Å²) in [6.45, 7) is 7.12. The number of hydrogen-bond acceptors (Lipinski definition) is 4. The second kappa shape index (κ2) is 7.37. The van der Waals surface area contributed by atoms with Gasteiger partial charge in [0.25, 0.3) is 0 Å². The first-order valence-electron chi connectivity index (χ1n) is 7.98. The zero-order chi connectivity index (χ0) is 18.8. The standard InChI is InChI=1S/C19H23NO4S/c1-12-10-13(2)15(4)18(14(12)3)25(23,24)20-17(19(21)22)11-16-8-6-5-7-9-16/h5-10,17,20H,11H2,1-4H3,(H,21,22)/p-1/t17-/m1/s1. The van der Waals surface area contributed by atoms with E-state index in [0.29, 0.717) is 16.7 Å². The van der Waals surface area contributed by atoms with Crippen molar-refractivity contribution in [3.05, 3.63) is 64.2 Å². The molecule has 0 aliphatic carbocycles. The minimum Gasteiger partial charge on any atom is -0.548 e. The van der Waals surface area contributed by atoms with Crippen molar-refractivity contribution >= 4 is 16.0 Å². The highest BCUT2D eigenvalue weighted by atomic mass is 32.2. The van der Waals surface area contributed by atoms with Crippen molar-refractivity contribution in [2.45, 2.75) is 45.1 Å². The van der Waals surface area contributed by atoms with E-state index in [-0.39, 0.29) is 11.3 Å². The van der Waals surface area contributed by atoms with Gasteiger partial charge < -0.3 is 9.90 Å². The molecule has 0 radical (unpaired) electrons. The minimum atomic E-state index is -4.00. The zero-order valence-corrected chi connectivity index (χ0v) is 15.6. The number of benzene rings is 2. The molecule has 134 valence electrons. The van der Waals surface area contributed by atoms with Crippen molar-refractivity contribution in [1.82, 2.24) is 4.72 Å². The Labute approximate surface area is 148 Å². The van der Waals surface area contributed by atoms with Crippen LogP contribution in [0.1, 0.15) is 27.8 Å². The van der Waals surface area contributed by atoms with Crippen LogP contribution in [0.5, 0.6) is 0 Å². The largest absolute Gasteiger partial charge is 0.548 e. The number of carboxylic acid groups (broad SMARTS) is 1. The van der Waals surface area contributed by atoms with Crippen molar-refractivity contribution in [2.75, 3.05) is 0 Å². The summed E-state index contributed by atoms with van der Waals surface area (Å²) in [4.78, 5) is 11.6. The van der Waals surface area contributed by atoms with E-state index in [1.165, 1.54) is 0 Å². The normalized spacial score (nSPS) is 12.8. The van der Waals surface area contributed by atoms with Crippen LogP contribution in [0.25, 0.3) is 0 Å². The number of aliphatic carboxylic acids is 1. The molecule has 0 aliphatic heterocycles. The first kappa shape index (κ1) is 19.1. The molecule has 0 saturated heterocycles. The molecule has 2 aromatic carbocycles. The highest BCUT2D eigenvalue weighted by Gasteiger charge is 2.26. The Morgan fingerprint density at radius 2 is 1.56 bits per heavy atom. The lowest BCUT2D eigenvalue weighted by Gasteiger charge is -2.22. The molecule has 2 aromatic rings. The molecule has 0 heterocycles. The number of carbonyl (C=O) groups is 1. The third-order valence-electron chi connectivity index (χ3n) is 4.43. The van der Waals surface area contributed by atoms with Crippen LogP contribution in [0.4, 0.5) is 0 Å². The lowest BCUT2D eigenvalue weighted by atomic mass is 10.0. The molecule has 0 bridgehead atoms. The monoisotopic (exact) mass is 360 g/mol. The number of hydrogen-bond donors (Lipinski definition) is 1. The molecule has 0 aromatic heterocycles. The summed E-state index contributed by atoms with van der Waals surface area (Å²) in [6.07, 6.45) is 0.0191. The average molecular weight is 360 g/mol. The van der Waals surface area contributed by atoms with Gasteiger partial charge >= 0.3 is 0 Å². The molecule has 25 heavy (non-hydrogen) atoms. The molecule has 1 atom stereocenters. The van der Waals surface area contributed by atoms with Crippen molar-refractivity contribution < 1.29 is 18.3 Å². The van der Waals surface area contributed by atoms with Crippen molar-refractivity contribution in [1.29, 1.82) is 0 Å². The number of nitrogens with one attached hydrogen (secondary N) is 1. The van der Waals surface area contributed by atoms with Crippen LogP contribution in [0.2, 0.25) is 0 Å². The van der Waals surface area contributed by atoms with Gasteiger partial charge in [-0.05, 0) is 61.9 Å². The van der Waals surface area contributed by atoms with Gasteiger partial charge in [-0.25, -0.2) is 13.1 Å². The van der Waals surface area contributed by atoms with E-state index in [2.05, 4.69) is 4.72 Å². The van der Waals surface area contributed by atoms with E-state index >= 15 is 0 Å². The Morgan fingerprint density at radius 1 is 1.04 bits per heavy atom. The van der Waals surface area contributed by atoms with Crippen LogP contribution in [0.15, 0.2) is 41.3 Å². The number of aryl methyl sites for hydroxylation is 2. The van der Waals surface area contributed by atoms with Gasteiger partial charge in [0.15, 0.2) is 0 Å². The summed E-state index contributed by atoms with van der Waals surface area (Å²) >= 11 is 0. The van der Waals surface area contributed by atoms with Crippen LogP contribution in [-0.4, -0.2) is 20.4 Å². The first-order valence-corrected chi connectivity index (χ1v) is 9.46. The molecule has 0 saturated carbocycles. The highest BCUT2D eigenvalue weighted by Crippen LogP contribution is 2.26. The van der Waals surface area contributed by atoms with Crippen LogP contribution in [-0.2, 0) is 21.2 Å². The highest BCUT2D eigenvalue weighted by molar-refractivity contribution is 7.89. The SMILES string of the molecule is Cc1cc(C)c(C)c(S(=O)(=O)N[C@H](Cc2ccccc2)C(=O)[O-])c1C. The van der Waals surface area contributed by atoms with Crippen molar-refractivity contribution in [3.63, 3.8) is 0 Å². The molecule has 0 fully saturated rings. The first-order chi connectivity index (χ1) is 11.6. The van der Waals surface area contributed by atoms with Crippen LogP contribution < -0.4 is 9.83 Å². The maximum atomic E-state index is 12.9. The number of carboxylic acids is 1. The maximum absolute atomic E-state index is 12.9. The maximum Gasteiger partial charge on any atom is 0.241 e. The summed E-state index contributed by atoms with van der Waals surface area (Å²) in [5.41, 5.74) is 3.64. The van der Waals surface area contributed by atoms with Gasteiger partial charge in [0.2, 0.25) is 10.0 Å². The number of rotatable bonds is 6. The van der Waals surface area contributed by atoms with Crippen LogP contribution in [0, 0.1) is 27.7 Å².